The Bertz CT molecular complexity index is 2170. The van der Waals surface area contributed by atoms with Crippen LogP contribution < -0.4 is 0 Å². The van der Waals surface area contributed by atoms with Crippen molar-refractivity contribution in [3.8, 4) is 77.9 Å². The van der Waals surface area contributed by atoms with E-state index in [9.17, 15) is 0 Å². The van der Waals surface area contributed by atoms with Crippen LogP contribution in [-0.2, 0) is 0 Å². The molecule has 0 heterocycles. The van der Waals surface area contributed by atoms with Gasteiger partial charge in [-0.25, -0.2) is 0 Å². The molecule has 258 valence electrons. The zero-order valence-electron chi connectivity index (χ0n) is 31.4. The van der Waals surface area contributed by atoms with Crippen molar-refractivity contribution in [3.63, 3.8) is 0 Å². The first-order valence-electron chi connectivity index (χ1n) is 18.7. The average molecular weight is 683 g/mol. The van der Waals surface area contributed by atoms with Crippen molar-refractivity contribution >= 4 is 0 Å². The minimum atomic E-state index is 1.19. The minimum absolute atomic E-state index is 1.19. The molecule has 0 radical (unpaired) electrons. The molecule has 0 saturated carbocycles. The quantitative estimate of drug-likeness (QED) is 0.157. The summed E-state index contributed by atoms with van der Waals surface area (Å²) < 4.78 is 0. The van der Waals surface area contributed by atoms with E-state index in [1.54, 1.807) is 0 Å². The van der Waals surface area contributed by atoms with E-state index in [1.165, 1.54) is 94.6 Å². The number of hydrogen-bond acceptors (Lipinski definition) is 0. The molecule has 0 aliphatic rings. The highest BCUT2D eigenvalue weighted by atomic mass is 14.2. The van der Waals surface area contributed by atoms with Gasteiger partial charge in [0.2, 0.25) is 0 Å². The highest BCUT2D eigenvalue weighted by molar-refractivity contribution is 5.88. The molecular formula is C53H46. The molecule has 8 aromatic rings. The van der Waals surface area contributed by atoms with E-state index in [4.69, 9.17) is 0 Å². The van der Waals surface area contributed by atoms with Crippen LogP contribution in [0.5, 0.6) is 0 Å². The van der Waals surface area contributed by atoms with Crippen molar-refractivity contribution in [2.45, 2.75) is 34.6 Å². The zero-order valence-corrected chi connectivity index (χ0v) is 31.4. The van der Waals surface area contributed by atoms with Gasteiger partial charge < -0.3 is 0 Å². The number of aryl methyl sites for hydroxylation is 2. The standard InChI is InChI=1S/C51H40.C2H6/c1-35-24-42(25-36(2)37(35)3)47-32-50(48-28-43(38-16-8-4-9-17-38)26-44(29-48)39-18-10-5-11-19-39)34-51(33-47)49-30-45(40-20-12-6-13-21-40)27-46(31-49)41-22-14-7-15-23-41;1-2/h4-34H,1-3H3;1-2H3. The summed E-state index contributed by atoms with van der Waals surface area (Å²) >= 11 is 0. The van der Waals surface area contributed by atoms with Crippen LogP contribution in [0.1, 0.15) is 30.5 Å². The lowest BCUT2D eigenvalue weighted by Gasteiger charge is -2.17. The van der Waals surface area contributed by atoms with Crippen LogP contribution in [0, 0.1) is 20.8 Å². The largest absolute Gasteiger partial charge is 0.0683 e. The van der Waals surface area contributed by atoms with Crippen LogP contribution in [0.2, 0.25) is 0 Å². The van der Waals surface area contributed by atoms with E-state index in [-0.39, 0.29) is 0 Å². The Morgan fingerprint density at radius 3 is 0.585 bits per heavy atom. The number of benzene rings is 8. The Kier molecular flexibility index (Phi) is 10.6. The van der Waals surface area contributed by atoms with Gasteiger partial charge in [0.25, 0.3) is 0 Å². The van der Waals surface area contributed by atoms with Crippen molar-refractivity contribution < 1.29 is 0 Å². The Morgan fingerprint density at radius 1 is 0.208 bits per heavy atom. The zero-order chi connectivity index (χ0) is 36.7. The predicted molar refractivity (Wildman–Crippen MR) is 230 cm³/mol. The normalized spacial score (nSPS) is 10.7. The van der Waals surface area contributed by atoms with Gasteiger partial charge in [-0.05, 0) is 170 Å². The first-order valence-corrected chi connectivity index (χ1v) is 18.7. The molecule has 0 saturated heterocycles. The molecule has 0 aliphatic carbocycles. The third-order valence-electron chi connectivity index (χ3n) is 10.2. The Labute approximate surface area is 316 Å². The van der Waals surface area contributed by atoms with Gasteiger partial charge in [0.1, 0.15) is 0 Å². The van der Waals surface area contributed by atoms with E-state index >= 15 is 0 Å². The van der Waals surface area contributed by atoms with Gasteiger partial charge in [-0.1, -0.05) is 147 Å². The van der Waals surface area contributed by atoms with Gasteiger partial charge in [0.15, 0.2) is 0 Å². The second kappa shape index (κ2) is 16.0. The van der Waals surface area contributed by atoms with E-state index in [1.807, 2.05) is 13.8 Å². The van der Waals surface area contributed by atoms with Crippen LogP contribution in [0.4, 0.5) is 0 Å². The van der Waals surface area contributed by atoms with Gasteiger partial charge in [0.05, 0.1) is 0 Å². The molecule has 0 aromatic heterocycles. The van der Waals surface area contributed by atoms with Gasteiger partial charge >= 0.3 is 0 Å². The topological polar surface area (TPSA) is 0 Å². The van der Waals surface area contributed by atoms with Crippen LogP contribution in [0.15, 0.2) is 188 Å². The van der Waals surface area contributed by atoms with E-state index in [0.29, 0.717) is 0 Å². The van der Waals surface area contributed by atoms with Crippen molar-refractivity contribution in [2.24, 2.45) is 0 Å². The summed E-state index contributed by atoms with van der Waals surface area (Å²) in [6, 6.07) is 68.8. The fraction of sp³-hybridized carbons (Fsp3) is 0.0943. The summed E-state index contributed by atoms with van der Waals surface area (Å²) in [6.45, 7) is 10.7. The molecular weight excluding hydrogens is 637 g/mol. The van der Waals surface area contributed by atoms with Crippen molar-refractivity contribution in [3.05, 3.63) is 205 Å². The third-order valence-corrected chi connectivity index (χ3v) is 10.2. The Morgan fingerprint density at radius 2 is 0.377 bits per heavy atom. The lowest BCUT2D eigenvalue weighted by molar-refractivity contribution is 1.27. The predicted octanol–water partition coefficient (Wildman–Crippen LogP) is 15.3. The maximum atomic E-state index is 2.38. The summed E-state index contributed by atoms with van der Waals surface area (Å²) in [6.07, 6.45) is 0. The maximum Gasteiger partial charge on any atom is -0.0171 e. The summed E-state index contributed by atoms with van der Waals surface area (Å²) in [4.78, 5) is 0. The lowest BCUT2D eigenvalue weighted by Crippen LogP contribution is -1.92. The second-order valence-electron chi connectivity index (χ2n) is 13.6. The Balaban J connectivity index is 0.00000214. The molecule has 8 rings (SSSR count). The molecule has 0 amide bonds. The molecule has 0 atom stereocenters. The molecule has 8 aromatic carbocycles. The molecule has 0 nitrogen and oxygen atoms in total. The summed E-state index contributed by atoms with van der Waals surface area (Å²) in [5.74, 6) is 0. The second-order valence-corrected chi connectivity index (χ2v) is 13.6. The molecule has 0 fully saturated rings. The summed E-state index contributed by atoms with van der Waals surface area (Å²) in [5, 5.41) is 0. The smallest absolute Gasteiger partial charge is 0.0171 e. The first kappa shape index (κ1) is 35.2. The molecule has 0 aliphatic heterocycles. The van der Waals surface area contributed by atoms with Gasteiger partial charge in [0, 0.05) is 0 Å². The average Bonchev–Trinajstić information content (AvgIpc) is 3.24. The van der Waals surface area contributed by atoms with Crippen molar-refractivity contribution in [1.29, 1.82) is 0 Å². The van der Waals surface area contributed by atoms with Crippen molar-refractivity contribution in [1.82, 2.24) is 0 Å². The highest BCUT2D eigenvalue weighted by Gasteiger charge is 2.14. The molecule has 0 heteroatoms. The number of rotatable bonds is 7. The van der Waals surface area contributed by atoms with E-state index in [0.717, 1.165) is 0 Å². The maximum absolute atomic E-state index is 2.38. The van der Waals surface area contributed by atoms with Gasteiger partial charge in [-0.2, -0.15) is 0 Å². The fourth-order valence-corrected chi connectivity index (χ4v) is 7.11. The minimum Gasteiger partial charge on any atom is -0.0683 e. The monoisotopic (exact) mass is 682 g/mol. The van der Waals surface area contributed by atoms with E-state index < -0.39 is 0 Å². The third kappa shape index (κ3) is 7.83. The molecule has 0 spiro atoms. The molecule has 0 bridgehead atoms. The SMILES string of the molecule is CC.Cc1cc(-c2cc(-c3cc(-c4ccccc4)cc(-c4ccccc4)c3)cc(-c3cc(-c4ccccc4)cc(-c4ccccc4)c3)c2)cc(C)c1C. The van der Waals surface area contributed by atoms with Crippen LogP contribution >= 0.6 is 0 Å². The lowest BCUT2D eigenvalue weighted by atomic mass is 9.87. The van der Waals surface area contributed by atoms with E-state index in [2.05, 4.69) is 209 Å². The van der Waals surface area contributed by atoms with Gasteiger partial charge in [-0.15, -0.1) is 0 Å². The molecule has 0 unspecified atom stereocenters. The summed E-state index contributed by atoms with van der Waals surface area (Å²) in [7, 11) is 0. The van der Waals surface area contributed by atoms with Crippen LogP contribution in [0.25, 0.3) is 77.9 Å². The Hall–Kier alpha value is -6.24. The van der Waals surface area contributed by atoms with Crippen LogP contribution in [0.3, 0.4) is 0 Å². The van der Waals surface area contributed by atoms with Gasteiger partial charge in [-0.3, -0.25) is 0 Å². The molecule has 0 N–H and O–H groups in total. The number of hydrogen-bond donors (Lipinski definition) is 0. The highest BCUT2D eigenvalue weighted by Crippen LogP contribution is 2.40. The van der Waals surface area contributed by atoms with Crippen molar-refractivity contribution in [2.75, 3.05) is 0 Å². The fourth-order valence-electron chi connectivity index (χ4n) is 7.11. The first-order chi connectivity index (χ1) is 26.0. The van der Waals surface area contributed by atoms with Crippen LogP contribution in [-0.4, -0.2) is 0 Å². The molecule has 53 heavy (non-hydrogen) atoms. The summed E-state index contributed by atoms with van der Waals surface area (Å²) in [5.41, 5.74) is 20.9.